The van der Waals surface area contributed by atoms with E-state index in [1.54, 1.807) is 24.3 Å². The number of hydrogen-bond acceptors (Lipinski definition) is 4. The van der Waals surface area contributed by atoms with Gasteiger partial charge in [0.2, 0.25) is 6.93 Å². The van der Waals surface area contributed by atoms with E-state index in [2.05, 4.69) is 0 Å². The Labute approximate surface area is 221 Å². The minimum Gasteiger partial charge on any atom is -0.423 e. The van der Waals surface area contributed by atoms with Gasteiger partial charge in [-0.2, -0.15) is 0 Å². The van der Waals surface area contributed by atoms with Gasteiger partial charge in [-0.15, -0.1) is 0 Å². The topological polar surface area (TPSA) is 52.6 Å². The van der Waals surface area contributed by atoms with Gasteiger partial charge in [0.1, 0.15) is 11.5 Å². The van der Waals surface area contributed by atoms with Crippen LogP contribution < -0.4 is 9.47 Å². The predicted molar refractivity (Wildman–Crippen MR) is 125 cm³/mol. The third kappa shape index (κ3) is 7.65. The van der Waals surface area contributed by atoms with Crippen LogP contribution in [0.3, 0.4) is 0 Å². The summed E-state index contributed by atoms with van der Waals surface area (Å²) in [5.41, 5.74) is 1.70. The van der Waals surface area contributed by atoms with E-state index in [1.165, 1.54) is 24.3 Å². The van der Waals surface area contributed by atoms with Gasteiger partial charge in [-0.05, 0) is 41.8 Å². The molecule has 0 N–H and O–H groups in total. The van der Waals surface area contributed by atoms with Crippen molar-refractivity contribution in [3.8, 4) is 11.5 Å². The fourth-order valence-electron chi connectivity index (χ4n) is 3.27. The number of ether oxygens (including phenoxy) is 2. The second kappa shape index (κ2) is 13.4. The van der Waals surface area contributed by atoms with Crippen LogP contribution in [0.2, 0.25) is 0 Å². The number of rotatable bonds is 6. The maximum absolute atomic E-state index is 13.3. The van der Waals surface area contributed by atoms with Crippen molar-refractivity contribution in [1.82, 2.24) is 0 Å². The normalized spacial score (nSPS) is 10.4. The number of benzene rings is 4. The summed E-state index contributed by atoms with van der Waals surface area (Å²) in [6, 6.07) is 14.4. The van der Waals surface area contributed by atoms with Crippen molar-refractivity contribution in [1.29, 1.82) is 0 Å². The predicted octanol–water partition coefficient (Wildman–Crippen LogP) is 7.43. The average molecular weight is 568 g/mol. The van der Waals surface area contributed by atoms with Gasteiger partial charge in [0.15, 0.2) is 34.9 Å². The molecular weight excluding hydrogens is 552 g/mol. The van der Waals surface area contributed by atoms with Gasteiger partial charge in [0.05, 0.1) is 11.1 Å². The number of hydrogen-bond donors (Lipinski definition) is 0. The summed E-state index contributed by atoms with van der Waals surface area (Å²) in [4.78, 5) is 24.4. The van der Waals surface area contributed by atoms with Gasteiger partial charge in [0, 0.05) is 24.3 Å². The third-order valence-corrected chi connectivity index (χ3v) is 5.12. The van der Waals surface area contributed by atoms with E-state index < -0.39 is 65.3 Å². The molecule has 4 aromatic rings. The first-order valence-electron chi connectivity index (χ1n) is 11.1. The van der Waals surface area contributed by atoms with Crippen LogP contribution in [0, 0.1) is 34.9 Å². The second-order valence-electron chi connectivity index (χ2n) is 7.85. The van der Waals surface area contributed by atoms with E-state index in [4.69, 9.17) is 9.47 Å². The second-order valence-corrected chi connectivity index (χ2v) is 7.85. The first kappa shape index (κ1) is 29.8. The van der Waals surface area contributed by atoms with E-state index in [0.29, 0.717) is 30.7 Å². The molecular formula is C28H16F8O4. The van der Waals surface area contributed by atoms with Crippen molar-refractivity contribution >= 4 is 11.9 Å². The standard InChI is InChI=1S/C27H14F6O4.CH2F2/c28-20-10-18(11-21(29)24(20)32)36-26(34)16-5-1-14(2-6-16)9-15-3-7-17(8-4-15)27(35)37-19-12-22(30)25(33)23(31)13-19;2-1-3/h1-8,10-13H,9H2;1H2. The molecule has 4 nitrogen and oxygen atoms in total. The molecule has 0 fully saturated rings. The van der Waals surface area contributed by atoms with Crippen molar-refractivity contribution < 1.29 is 54.2 Å². The summed E-state index contributed by atoms with van der Waals surface area (Å²) < 4.78 is 108. The van der Waals surface area contributed by atoms with Crippen LogP contribution in [-0.2, 0) is 6.42 Å². The summed E-state index contributed by atoms with van der Waals surface area (Å²) in [7, 11) is 0. The summed E-state index contributed by atoms with van der Waals surface area (Å²) >= 11 is 0. The highest BCUT2D eigenvalue weighted by atomic mass is 19.3. The molecule has 0 aliphatic carbocycles. The smallest absolute Gasteiger partial charge is 0.343 e. The lowest BCUT2D eigenvalue weighted by molar-refractivity contribution is 0.0723. The number of carbonyl (C=O) groups is 2. The fraction of sp³-hybridized carbons (Fsp3) is 0.0714. The summed E-state index contributed by atoms with van der Waals surface area (Å²) in [5, 5.41) is 0. The van der Waals surface area contributed by atoms with Gasteiger partial charge < -0.3 is 9.47 Å². The Morgan fingerprint density at radius 3 is 1.07 bits per heavy atom. The molecule has 0 aliphatic rings. The SMILES string of the molecule is FCF.O=C(Oc1cc(F)c(F)c(F)c1)c1ccc(Cc2ccc(C(=O)Oc3cc(F)c(F)c(F)c3)cc2)cc1. The molecule has 4 rings (SSSR count). The molecule has 0 atom stereocenters. The number of esters is 2. The molecule has 0 amide bonds. The molecule has 4 aromatic carbocycles. The zero-order valence-corrected chi connectivity index (χ0v) is 20.0. The highest BCUT2D eigenvalue weighted by molar-refractivity contribution is 5.91. The molecule has 12 heteroatoms. The Morgan fingerprint density at radius 1 is 0.525 bits per heavy atom. The first-order valence-corrected chi connectivity index (χ1v) is 11.1. The van der Waals surface area contributed by atoms with Crippen LogP contribution in [0.25, 0.3) is 0 Å². The van der Waals surface area contributed by atoms with E-state index in [0.717, 1.165) is 11.1 Å². The zero-order valence-electron chi connectivity index (χ0n) is 20.0. The van der Waals surface area contributed by atoms with Crippen LogP contribution in [-0.4, -0.2) is 18.9 Å². The zero-order chi connectivity index (χ0) is 29.4. The van der Waals surface area contributed by atoms with E-state index in [1.807, 2.05) is 0 Å². The Balaban J connectivity index is 0.00000141. The molecule has 0 aliphatic heterocycles. The fourth-order valence-corrected chi connectivity index (χ4v) is 3.27. The molecule has 0 saturated carbocycles. The van der Waals surface area contributed by atoms with Crippen molar-refractivity contribution in [2.45, 2.75) is 6.42 Å². The molecule has 0 bridgehead atoms. The molecule has 0 unspecified atom stereocenters. The minimum atomic E-state index is -1.75. The number of halogens is 8. The Hall–Kier alpha value is -4.74. The van der Waals surface area contributed by atoms with Crippen LogP contribution in [0.1, 0.15) is 31.8 Å². The molecule has 0 spiro atoms. The van der Waals surface area contributed by atoms with Crippen LogP contribution >= 0.6 is 0 Å². The molecule has 0 heterocycles. The van der Waals surface area contributed by atoms with Crippen molar-refractivity contribution in [3.63, 3.8) is 0 Å². The summed E-state index contributed by atoms with van der Waals surface area (Å²) in [6.45, 7) is -1.75. The highest BCUT2D eigenvalue weighted by Gasteiger charge is 2.16. The third-order valence-electron chi connectivity index (χ3n) is 5.12. The van der Waals surface area contributed by atoms with Crippen molar-refractivity contribution in [2.75, 3.05) is 6.93 Å². The Kier molecular flexibility index (Phi) is 9.96. The monoisotopic (exact) mass is 568 g/mol. The summed E-state index contributed by atoms with van der Waals surface area (Å²) in [6.07, 6.45) is 0.396. The van der Waals surface area contributed by atoms with Gasteiger partial charge in [-0.25, -0.2) is 44.7 Å². The molecule has 0 aromatic heterocycles. The molecule has 208 valence electrons. The lowest BCUT2D eigenvalue weighted by Crippen LogP contribution is -2.10. The van der Waals surface area contributed by atoms with E-state index >= 15 is 0 Å². The van der Waals surface area contributed by atoms with E-state index in [-0.39, 0.29) is 11.1 Å². The quantitative estimate of drug-likeness (QED) is 0.105. The lowest BCUT2D eigenvalue weighted by Gasteiger charge is -2.08. The first-order chi connectivity index (χ1) is 19.0. The van der Waals surface area contributed by atoms with Gasteiger partial charge in [0.25, 0.3) is 0 Å². The van der Waals surface area contributed by atoms with E-state index in [9.17, 15) is 44.7 Å². The van der Waals surface area contributed by atoms with Crippen molar-refractivity contribution in [3.05, 3.63) is 130 Å². The van der Waals surface area contributed by atoms with Crippen LogP contribution in [0.4, 0.5) is 35.1 Å². The largest absolute Gasteiger partial charge is 0.423 e. The van der Waals surface area contributed by atoms with Gasteiger partial charge in [-0.1, -0.05) is 24.3 Å². The maximum Gasteiger partial charge on any atom is 0.343 e. The highest BCUT2D eigenvalue weighted by Crippen LogP contribution is 2.22. The maximum atomic E-state index is 13.3. The average Bonchev–Trinajstić information content (AvgIpc) is 2.91. The lowest BCUT2D eigenvalue weighted by atomic mass is 10.0. The van der Waals surface area contributed by atoms with Gasteiger partial charge in [-0.3, -0.25) is 0 Å². The molecule has 0 saturated heterocycles. The number of alkyl halides is 2. The number of carbonyl (C=O) groups excluding carboxylic acids is 2. The van der Waals surface area contributed by atoms with Crippen molar-refractivity contribution in [2.24, 2.45) is 0 Å². The Morgan fingerprint density at radius 2 is 0.800 bits per heavy atom. The van der Waals surface area contributed by atoms with Crippen LogP contribution in [0.15, 0.2) is 72.8 Å². The summed E-state index contributed by atoms with van der Waals surface area (Å²) in [5.74, 6) is -12.1. The molecule has 40 heavy (non-hydrogen) atoms. The molecule has 0 radical (unpaired) electrons. The van der Waals surface area contributed by atoms with Gasteiger partial charge >= 0.3 is 11.9 Å². The van der Waals surface area contributed by atoms with Crippen LogP contribution in [0.5, 0.6) is 11.5 Å². The minimum absolute atomic E-state index is 0.0839. The Bertz CT molecular complexity index is 1350.